The van der Waals surface area contributed by atoms with Crippen molar-refractivity contribution >= 4 is 16.9 Å². The third kappa shape index (κ3) is 3.50. The van der Waals surface area contributed by atoms with E-state index in [0.29, 0.717) is 25.4 Å². The fraction of sp³-hybridized carbons (Fsp3) is 0.500. The number of carbonyl (C=O) groups excluding carboxylic acids is 1. The van der Waals surface area contributed by atoms with Crippen LogP contribution in [0.1, 0.15) is 37.7 Å². The van der Waals surface area contributed by atoms with Gasteiger partial charge in [-0.05, 0) is 24.0 Å². The Morgan fingerprint density at radius 1 is 1.22 bits per heavy atom. The van der Waals surface area contributed by atoms with Crippen molar-refractivity contribution in [2.45, 2.75) is 33.3 Å². The van der Waals surface area contributed by atoms with Crippen molar-refractivity contribution in [2.24, 2.45) is 5.41 Å². The molecule has 0 N–H and O–H groups in total. The lowest BCUT2D eigenvalue weighted by Gasteiger charge is -2.29. The van der Waals surface area contributed by atoms with E-state index in [1.807, 2.05) is 29.2 Å². The molecule has 5 heteroatoms. The Morgan fingerprint density at radius 2 is 1.96 bits per heavy atom. The summed E-state index contributed by atoms with van der Waals surface area (Å²) in [5.74, 6) is -0.0681. The van der Waals surface area contributed by atoms with Gasteiger partial charge in [0, 0.05) is 13.1 Å². The SMILES string of the molecule is CC(C)(C)[C@@H]1CCN(C(=O)c2cnc3ccccc3n2)CCO1. The molecule has 0 spiro atoms. The molecule has 2 heterocycles. The number of hydrogen-bond donors (Lipinski definition) is 0. The number of carbonyl (C=O) groups is 1. The summed E-state index contributed by atoms with van der Waals surface area (Å²) in [7, 11) is 0. The molecule has 1 atom stereocenters. The first-order chi connectivity index (χ1) is 10.9. The third-order valence-corrected chi connectivity index (χ3v) is 4.26. The van der Waals surface area contributed by atoms with Crippen LogP contribution < -0.4 is 0 Å². The first-order valence-corrected chi connectivity index (χ1v) is 8.08. The van der Waals surface area contributed by atoms with E-state index >= 15 is 0 Å². The molecule has 23 heavy (non-hydrogen) atoms. The predicted octanol–water partition coefficient (Wildman–Crippen LogP) is 2.91. The van der Waals surface area contributed by atoms with E-state index in [1.54, 1.807) is 6.20 Å². The molecule has 1 fully saturated rings. The zero-order valence-electron chi connectivity index (χ0n) is 14.0. The Kier molecular flexibility index (Phi) is 4.31. The van der Waals surface area contributed by atoms with Crippen molar-refractivity contribution in [3.63, 3.8) is 0 Å². The summed E-state index contributed by atoms with van der Waals surface area (Å²) < 4.78 is 5.92. The number of rotatable bonds is 1. The van der Waals surface area contributed by atoms with Crippen LogP contribution in [-0.4, -0.2) is 46.6 Å². The smallest absolute Gasteiger partial charge is 0.274 e. The van der Waals surface area contributed by atoms with E-state index in [9.17, 15) is 4.79 Å². The van der Waals surface area contributed by atoms with Crippen LogP contribution in [-0.2, 0) is 4.74 Å². The minimum absolute atomic E-state index is 0.0681. The monoisotopic (exact) mass is 313 g/mol. The second-order valence-corrected chi connectivity index (χ2v) is 7.05. The molecule has 1 aliphatic rings. The van der Waals surface area contributed by atoms with Gasteiger partial charge >= 0.3 is 0 Å². The number of hydrogen-bond acceptors (Lipinski definition) is 4. The van der Waals surface area contributed by atoms with Gasteiger partial charge in [-0.15, -0.1) is 0 Å². The highest BCUT2D eigenvalue weighted by molar-refractivity contribution is 5.93. The summed E-state index contributed by atoms with van der Waals surface area (Å²) in [4.78, 5) is 23.3. The number of nitrogens with zero attached hydrogens (tertiary/aromatic N) is 3. The highest BCUT2D eigenvalue weighted by atomic mass is 16.5. The predicted molar refractivity (Wildman–Crippen MR) is 89.3 cm³/mol. The minimum Gasteiger partial charge on any atom is -0.376 e. The van der Waals surface area contributed by atoms with Crippen molar-refractivity contribution < 1.29 is 9.53 Å². The first-order valence-electron chi connectivity index (χ1n) is 8.08. The van der Waals surface area contributed by atoms with Gasteiger partial charge in [0.15, 0.2) is 0 Å². The first kappa shape index (κ1) is 15.9. The summed E-state index contributed by atoms with van der Waals surface area (Å²) in [5.41, 5.74) is 2.04. The molecule has 5 nitrogen and oxygen atoms in total. The van der Waals surface area contributed by atoms with Crippen LogP contribution in [0.4, 0.5) is 0 Å². The average molecular weight is 313 g/mol. The van der Waals surface area contributed by atoms with Crippen LogP contribution in [0.5, 0.6) is 0 Å². The van der Waals surface area contributed by atoms with Crippen molar-refractivity contribution in [2.75, 3.05) is 19.7 Å². The summed E-state index contributed by atoms with van der Waals surface area (Å²) in [5, 5.41) is 0. The number of ether oxygens (including phenoxy) is 1. The van der Waals surface area contributed by atoms with Gasteiger partial charge in [0.2, 0.25) is 0 Å². The van der Waals surface area contributed by atoms with Crippen LogP contribution >= 0.6 is 0 Å². The minimum atomic E-state index is -0.0681. The molecular formula is C18H23N3O2. The highest BCUT2D eigenvalue weighted by Crippen LogP contribution is 2.26. The Bertz CT molecular complexity index is 709. The number of fused-ring (bicyclic) bond motifs is 1. The standard InChI is InChI=1S/C18H23N3O2/c1-18(2,3)16-8-9-21(10-11-23-16)17(22)15-12-19-13-6-4-5-7-14(13)20-15/h4-7,12,16H,8-11H2,1-3H3/t16-/m0/s1. The Balaban J connectivity index is 1.76. The van der Waals surface area contributed by atoms with E-state index in [1.165, 1.54) is 0 Å². The Hall–Kier alpha value is -2.01. The van der Waals surface area contributed by atoms with Gasteiger partial charge in [0.1, 0.15) is 5.69 Å². The molecule has 0 bridgehead atoms. The van der Waals surface area contributed by atoms with Gasteiger partial charge in [0.05, 0.1) is 29.9 Å². The molecule has 1 saturated heterocycles. The molecule has 1 aromatic carbocycles. The lowest BCUT2D eigenvalue weighted by molar-refractivity contribution is -0.00973. The van der Waals surface area contributed by atoms with Crippen LogP contribution in [0, 0.1) is 5.41 Å². The molecule has 3 rings (SSSR count). The van der Waals surface area contributed by atoms with E-state index in [4.69, 9.17) is 4.74 Å². The number of benzene rings is 1. The quantitative estimate of drug-likeness (QED) is 0.812. The fourth-order valence-electron chi connectivity index (χ4n) is 2.88. The molecule has 0 unspecified atom stereocenters. The maximum atomic E-state index is 12.7. The van der Waals surface area contributed by atoms with E-state index in [0.717, 1.165) is 17.5 Å². The fourth-order valence-corrected chi connectivity index (χ4v) is 2.88. The third-order valence-electron chi connectivity index (χ3n) is 4.26. The lowest BCUT2D eigenvalue weighted by Crippen LogP contribution is -2.34. The maximum absolute atomic E-state index is 12.7. The van der Waals surface area contributed by atoms with Gasteiger partial charge in [-0.1, -0.05) is 32.9 Å². The number of para-hydroxylation sites is 2. The van der Waals surface area contributed by atoms with Crippen molar-refractivity contribution in [1.29, 1.82) is 0 Å². The largest absolute Gasteiger partial charge is 0.376 e. The topological polar surface area (TPSA) is 55.3 Å². The number of aromatic nitrogens is 2. The molecule has 0 radical (unpaired) electrons. The van der Waals surface area contributed by atoms with Gasteiger partial charge < -0.3 is 9.64 Å². The van der Waals surface area contributed by atoms with Crippen LogP contribution in [0.2, 0.25) is 0 Å². The second kappa shape index (κ2) is 6.24. The summed E-state index contributed by atoms with van der Waals surface area (Å²) in [6.45, 7) is 8.36. The lowest BCUT2D eigenvalue weighted by atomic mass is 9.87. The molecule has 1 aliphatic heterocycles. The van der Waals surface area contributed by atoms with E-state index in [-0.39, 0.29) is 17.4 Å². The summed E-state index contributed by atoms with van der Waals surface area (Å²) >= 11 is 0. The van der Waals surface area contributed by atoms with E-state index in [2.05, 4.69) is 30.7 Å². The molecule has 1 amide bonds. The van der Waals surface area contributed by atoms with Gasteiger partial charge in [-0.3, -0.25) is 9.78 Å². The van der Waals surface area contributed by atoms with Crippen molar-refractivity contribution in [3.05, 3.63) is 36.2 Å². The van der Waals surface area contributed by atoms with Crippen LogP contribution in [0.15, 0.2) is 30.5 Å². The van der Waals surface area contributed by atoms with E-state index < -0.39 is 0 Å². The van der Waals surface area contributed by atoms with Gasteiger partial charge in [-0.25, -0.2) is 4.98 Å². The Morgan fingerprint density at radius 3 is 2.70 bits per heavy atom. The van der Waals surface area contributed by atoms with Crippen molar-refractivity contribution in [1.82, 2.24) is 14.9 Å². The molecule has 0 saturated carbocycles. The van der Waals surface area contributed by atoms with Crippen molar-refractivity contribution in [3.8, 4) is 0 Å². The number of amides is 1. The normalized spacial score (nSPS) is 19.6. The molecule has 0 aliphatic carbocycles. The molecule has 2 aromatic rings. The van der Waals surface area contributed by atoms with Crippen LogP contribution in [0.3, 0.4) is 0 Å². The zero-order valence-corrected chi connectivity index (χ0v) is 14.0. The summed E-state index contributed by atoms with van der Waals surface area (Å²) in [6, 6.07) is 7.58. The van der Waals surface area contributed by atoms with Crippen LogP contribution in [0.25, 0.3) is 11.0 Å². The summed E-state index contributed by atoms with van der Waals surface area (Å²) in [6.07, 6.45) is 2.58. The Labute approximate surface area is 136 Å². The average Bonchev–Trinajstić information content (AvgIpc) is 2.79. The van der Waals surface area contributed by atoms with Gasteiger partial charge in [-0.2, -0.15) is 0 Å². The zero-order chi connectivity index (χ0) is 16.4. The molecule has 122 valence electrons. The molecular weight excluding hydrogens is 290 g/mol. The maximum Gasteiger partial charge on any atom is 0.274 e. The second-order valence-electron chi connectivity index (χ2n) is 7.05. The van der Waals surface area contributed by atoms with Gasteiger partial charge in [0.25, 0.3) is 5.91 Å². The highest BCUT2D eigenvalue weighted by Gasteiger charge is 2.30. The molecule has 1 aromatic heterocycles.